The molecule has 162 valence electrons. The lowest BCUT2D eigenvalue weighted by Gasteiger charge is -2.32. The van der Waals surface area contributed by atoms with Gasteiger partial charge in [-0.25, -0.2) is 9.59 Å². The Morgan fingerprint density at radius 3 is 2.63 bits per heavy atom. The summed E-state index contributed by atoms with van der Waals surface area (Å²) < 4.78 is 16.6. The van der Waals surface area contributed by atoms with Crippen LogP contribution >= 0.6 is 23.2 Å². The van der Waals surface area contributed by atoms with Crippen LogP contribution in [0.2, 0.25) is 10.0 Å². The monoisotopic (exact) mass is 456 g/mol. The first-order valence-electron chi connectivity index (χ1n) is 9.55. The molecule has 1 N–H and O–H groups in total. The zero-order valence-electron chi connectivity index (χ0n) is 16.8. The Labute approximate surface area is 183 Å². The van der Waals surface area contributed by atoms with Crippen molar-refractivity contribution in [3.05, 3.63) is 27.8 Å². The molecule has 1 aromatic rings. The smallest absolute Gasteiger partial charge is 0.347 e. The van der Waals surface area contributed by atoms with Crippen LogP contribution in [0.25, 0.3) is 5.57 Å². The highest BCUT2D eigenvalue weighted by Crippen LogP contribution is 2.56. The van der Waals surface area contributed by atoms with Gasteiger partial charge in [-0.1, -0.05) is 36.5 Å². The molecule has 7 nitrogen and oxygen atoms in total. The van der Waals surface area contributed by atoms with Gasteiger partial charge in [-0.05, 0) is 32.8 Å². The molecular formula is C21H22Cl2O7. The number of carboxylic acids is 1. The molecule has 0 unspecified atom stereocenters. The van der Waals surface area contributed by atoms with Crippen LogP contribution in [-0.2, 0) is 19.1 Å². The van der Waals surface area contributed by atoms with Crippen LogP contribution in [0, 0.1) is 0 Å². The van der Waals surface area contributed by atoms with Crippen LogP contribution < -0.4 is 9.47 Å². The third kappa shape index (κ3) is 4.01. The maximum atomic E-state index is 12.0. The molecule has 1 aliphatic heterocycles. The molecule has 0 radical (unpaired) electrons. The Kier molecular flexibility index (Phi) is 6.07. The third-order valence-corrected chi connectivity index (χ3v) is 6.02. The number of benzene rings is 1. The standard InChI is InChI=1S/C21H22Cl2O7/c1-4-6-21-7-5-11(24)8-12(21)16-13(29-21)9-14(17(22)18(16)23)28-10-15(25)30-20(2,3)19(26)27/h8-9H,4-7,10H2,1-3H3,(H,26,27)/t21-/m1/s1. The second kappa shape index (κ2) is 8.12. The predicted molar refractivity (Wildman–Crippen MR) is 110 cm³/mol. The summed E-state index contributed by atoms with van der Waals surface area (Å²) in [5.41, 5.74) is -1.05. The molecular weight excluding hydrogens is 435 g/mol. The van der Waals surface area contributed by atoms with E-state index in [2.05, 4.69) is 0 Å². The zero-order chi connectivity index (χ0) is 22.3. The van der Waals surface area contributed by atoms with Crippen molar-refractivity contribution in [2.24, 2.45) is 0 Å². The van der Waals surface area contributed by atoms with Gasteiger partial charge in [-0.2, -0.15) is 0 Å². The summed E-state index contributed by atoms with van der Waals surface area (Å²) in [6, 6.07) is 1.53. The normalized spacial score (nSPS) is 20.0. The summed E-state index contributed by atoms with van der Waals surface area (Å²) in [5.74, 6) is -1.63. The molecule has 0 spiro atoms. The third-order valence-electron chi connectivity index (χ3n) is 5.17. The summed E-state index contributed by atoms with van der Waals surface area (Å²) in [6.07, 6.45) is 4.05. The number of carbonyl (C=O) groups excluding carboxylic acids is 2. The van der Waals surface area contributed by atoms with Crippen molar-refractivity contribution >= 4 is 46.5 Å². The number of hydrogen-bond acceptors (Lipinski definition) is 6. The van der Waals surface area contributed by atoms with E-state index in [-0.39, 0.29) is 21.6 Å². The minimum atomic E-state index is -1.69. The Hall–Kier alpha value is -2.25. The van der Waals surface area contributed by atoms with Crippen LogP contribution in [0.1, 0.15) is 52.0 Å². The van der Waals surface area contributed by atoms with E-state index in [9.17, 15) is 14.4 Å². The highest BCUT2D eigenvalue weighted by Gasteiger charge is 2.47. The predicted octanol–water partition coefficient (Wildman–Crippen LogP) is 4.46. The lowest BCUT2D eigenvalue weighted by atomic mass is 9.78. The van der Waals surface area contributed by atoms with E-state index in [1.165, 1.54) is 19.9 Å². The van der Waals surface area contributed by atoms with Gasteiger partial charge in [0.15, 0.2) is 12.4 Å². The number of allylic oxidation sites excluding steroid dienone is 1. The Morgan fingerprint density at radius 1 is 1.30 bits per heavy atom. The van der Waals surface area contributed by atoms with Gasteiger partial charge in [0.25, 0.3) is 0 Å². The maximum absolute atomic E-state index is 12.0. The minimum absolute atomic E-state index is 0.00415. The summed E-state index contributed by atoms with van der Waals surface area (Å²) in [6.45, 7) is 3.98. The summed E-state index contributed by atoms with van der Waals surface area (Å²) in [7, 11) is 0. The number of hydrogen-bond donors (Lipinski definition) is 1. The van der Waals surface area contributed by atoms with Crippen molar-refractivity contribution in [3.8, 4) is 11.5 Å². The molecule has 2 aliphatic rings. The number of aliphatic carboxylic acids is 1. The highest BCUT2D eigenvalue weighted by molar-refractivity contribution is 6.44. The molecule has 30 heavy (non-hydrogen) atoms. The van der Waals surface area contributed by atoms with Gasteiger partial charge in [0.2, 0.25) is 5.60 Å². The van der Waals surface area contributed by atoms with Gasteiger partial charge in [-0.15, -0.1) is 0 Å². The number of carbonyl (C=O) groups is 3. The van der Waals surface area contributed by atoms with Gasteiger partial charge in [0.1, 0.15) is 22.1 Å². The zero-order valence-corrected chi connectivity index (χ0v) is 18.4. The molecule has 1 heterocycles. The number of esters is 1. The van der Waals surface area contributed by atoms with Crippen LogP contribution in [0.3, 0.4) is 0 Å². The van der Waals surface area contributed by atoms with Gasteiger partial charge < -0.3 is 19.3 Å². The molecule has 0 saturated carbocycles. The first-order chi connectivity index (χ1) is 14.0. The van der Waals surface area contributed by atoms with Gasteiger partial charge in [0, 0.05) is 23.6 Å². The lowest BCUT2D eigenvalue weighted by Crippen LogP contribution is -2.38. The number of ketones is 1. The molecule has 0 aromatic heterocycles. The Balaban J connectivity index is 1.87. The minimum Gasteiger partial charge on any atom is -0.482 e. The molecule has 0 bridgehead atoms. The fraction of sp³-hybridized carbons (Fsp3) is 0.476. The molecule has 0 fully saturated rings. The van der Waals surface area contributed by atoms with Gasteiger partial charge in [-0.3, -0.25) is 4.79 Å². The number of halogens is 2. The average Bonchev–Trinajstić information content (AvgIpc) is 2.97. The van der Waals surface area contributed by atoms with E-state index in [1.807, 2.05) is 6.92 Å². The van der Waals surface area contributed by atoms with E-state index in [4.69, 9.17) is 42.5 Å². The van der Waals surface area contributed by atoms with Crippen molar-refractivity contribution < 1.29 is 33.7 Å². The first-order valence-corrected chi connectivity index (χ1v) is 10.3. The van der Waals surface area contributed by atoms with Crippen LogP contribution in [0.4, 0.5) is 0 Å². The van der Waals surface area contributed by atoms with Crippen LogP contribution in [0.5, 0.6) is 11.5 Å². The van der Waals surface area contributed by atoms with Gasteiger partial charge in [0.05, 0.1) is 5.02 Å². The molecule has 1 aliphatic carbocycles. The molecule has 0 saturated heterocycles. The molecule has 0 amide bonds. The van der Waals surface area contributed by atoms with E-state index in [1.54, 1.807) is 6.08 Å². The number of ether oxygens (including phenoxy) is 3. The lowest BCUT2D eigenvalue weighted by molar-refractivity contribution is -0.175. The number of rotatable bonds is 7. The largest absolute Gasteiger partial charge is 0.482 e. The first kappa shape index (κ1) is 22.4. The van der Waals surface area contributed by atoms with Crippen LogP contribution in [-0.4, -0.2) is 40.6 Å². The quantitative estimate of drug-likeness (QED) is 0.604. The van der Waals surface area contributed by atoms with E-state index in [0.717, 1.165) is 12.0 Å². The molecule has 9 heteroatoms. The second-order valence-electron chi connectivity index (χ2n) is 7.82. The van der Waals surface area contributed by atoms with Crippen molar-refractivity contribution in [3.63, 3.8) is 0 Å². The number of carboxylic acid groups (broad SMARTS) is 1. The Morgan fingerprint density at radius 2 is 2.00 bits per heavy atom. The van der Waals surface area contributed by atoms with E-state index >= 15 is 0 Å². The topological polar surface area (TPSA) is 99.1 Å². The van der Waals surface area contributed by atoms with Crippen molar-refractivity contribution in [2.75, 3.05) is 6.61 Å². The number of fused-ring (bicyclic) bond motifs is 3. The van der Waals surface area contributed by atoms with Crippen molar-refractivity contribution in [1.29, 1.82) is 0 Å². The van der Waals surface area contributed by atoms with E-state index in [0.29, 0.717) is 30.6 Å². The molecule has 1 aromatic carbocycles. The summed E-state index contributed by atoms with van der Waals surface area (Å²) in [5, 5.41) is 9.28. The summed E-state index contributed by atoms with van der Waals surface area (Å²) in [4.78, 5) is 35.1. The van der Waals surface area contributed by atoms with Crippen molar-refractivity contribution in [2.45, 2.75) is 57.7 Å². The van der Waals surface area contributed by atoms with Gasteiger partial charge >= 0.3 is 11.9 Å². The second-order valence-corrected chi connectivity index (χ2v) is 8.58. The fourth-order valence-electron chi connectivity index (χ4n) is 3.67. The average molecular weight is 457 g/mol. The Bertz CT molecular complexity index is 951. The highest BCUT2D eigenvalue weighted by atomic mass is 35.5. The SMILES string of the molecule is CCC[C@@]12CCC(=O)C=C1c1c(cc(OCC(=O)OC(C)(C)C(=O)O)c(Cl)c1Cl)O2. The maximum Gasteiger partial charge on any atom is 0.347 e. The van der Waals surface area contributed by atoms with Crippen molar-refractivity contribution in [1.82, 2.24) is 0 Å². The molecule has 3 rings (SSSR count). The van der Waals surface area contributed by atoms with Crippen LogP contribution in [0.15, 0.2) is 12.1 Å². The molecule has 1 atom stereocenters. The fourth-order valence-corrected chi connectivity index (χ4v) is 4.16. The summed E-state index contributed by atoms with van der Waals surface area (Å²) >= 11 is 12.9. The van der Waals surface area contributed by atoms with E-state index < -0.39 is 29.7 Å².